The third-order valence-corrected chi connectivity index (χ3v) is 3.68. The Kier molecular flexibility index (Phi) is 4.80. The van der Waals surface area contributed by atoms with E-state index in [1.165, 1.54) is 0 Å². The summed E-state index contributed by atoms with van der Waals surface area (Å²) in [6, 6.07) is 4.41. The third-order valence-electron chi connectivity index (χ3n) is 3.68. The third kappa shape index (κ3) is 3.57. The predicted octanol–water partition coefficient (Wildman–Crippen LogP) is 1.41. The molecular formula is C14H24N2O2. The molecule has 2 heterocycles. The second-order valence-corrected chi connectivity index (χ2v) is 5.48. The first kappa shape index (κ1) is 13.6. The lowest BCUT2D eigenvalue weighted by atomic mass is 10.1. The van der Waals surface area contributed by atoms with E-state index in [4.69, 9.17) is 4.42 Å². The summed E-state index contributed by atoms with van der Waals surface area (Å²) in [7, 11) is 2.16. The summed E-state index contributed by atoms with van der Waals surface area (Å²) >= 11 is 0. The van der Waals surface area contributed by atoms with Gasteiger partial charge in [0.2, 0.25) is 0 Å². The molecule has 1 aromatic heterocycles. The number of hydrogen-bond donors (Lipinski definition) is 1. The molecule has 4 nitrogen and oxygen atoms in total. The molecule has 1 aliphatic heterocycles. The van der Waals surface area contributed by atoms with Gasteiger partial charge in [-0.3, -0.25) is 4.90 Å². The van der Waals surface area contributed by atoms with Gasteiger partial charge in [0.25, 0.3) is 0 Å². The van der Waals surface area contributed by atoms with Crippen molar-refractivity contribution in [2.45, 2.75) is 25.9 Å². The molecule has 2 atom stereocenters. The number of aliphatic hydroxyl groups is 1. The quantitative estimate of drug-likeness (QED) is 0.879. The number of furan rings is 1. The first-order valence-electron chi connectivity index (χ1n) is 6.75. The van der Waals surface area contributed by atoms with Crippen LogP contribution < -0.4 is 0 Å². The van der Waals surface area contributed by atoms with Crippen molar-refractivity contribution in [3.8, 4) is 0 Å². The molecule has 0 amide bonds. The molecule has 0 aliphatic carbocycles. The molecule has 102 valence electrons. The summed E-state index contributed by atoms with van der Waals surface area (Å²) in [6.45, 7) is 6.60. The average molecular weight is 252 g/mol. The number of rotatable bonds is 4. The molecule has 0 bridgehead atoms. The summed E-state index contributed by atoms with van der Waals surface area (Å²) in [4.78, 5) is 4.82. The zero-order valence-corrected chi connectivity index (χ0v) is 11.4. The van der Waals surface area contributed by atoms with Crippen LogP contribution in [0.1, 0.15) is 19.1 Å². The average Bonchev–Trinajstić information content (AvgIpc) is 2.76. The van der Waals surface area contributed by atoms with Crippen molar-refractivity contribution in [1.29, 1.82) is 0 Å². The highest BCUT2D eigenvalue weighted by atomic mass is 16.3. The van der Waals surface area contributed by atoms with Crippen molar-refractivity contribution >= 4 is 0 Å². The van der Waals surface area contributed by atoms with E-state index in [0.29, 0.717) is 12.0 Å². The Bertz CT molecular complexity index is 340. The van der Waals surface area contributed by atoms with Gasteiger partial charge in [0, 0.05) is 32.3 Å². The lowest BCUT2D eigenvalue weighted by Gasteiger charge is -2.28. The summed E-state index contributed by atoms with van der Waals surface area (Å²) in [6.07, 6.45) is 2.58. The van der Waals surface area contributed by atoms with Gasteiger partial charge in [0.05, 0.1) is 12.8 Å². The number of nitrogens with zero attached hydrogens (tertiary/aromatic N) is 2. The van der Waals surface area contributed by atoms with E-state index in [1.807, 2.05) is 12.1 Å². The molecule has 0 spiro atoms. The van der Waals surface area contributed by atoms with Gasteiger partial charge in [-0.15, -0.1) is 0 Å². The Morgan fingerprint density at radius 2 is 2.22 bits per heavy atom. The molecular weight excluding hydrogens is 228 g/mol. The molecule has 1 aromatic rings. The van der Waals surface area contributed by atoms with Gasteiger partial charge in [0.15, 0.2) is 0 Å². The van der Waals surface area contributed by atoms with Crippen molar-refractivity contribution in [3.05, 3.63) is 24.2 Å². The fraction of sp³-hybridized carbons (Fsp3) is 0.714. The molecule has 1 saturated heterocycles. The summed E-state index contributed by atoms with van der Waals surface area (Å²) in [5.41, 5.74) is 0. The number of hydrogen-bond acceptors (Lipinski definition) is 4. The lowest BCUT2D eigenvalue weighted by molar-refractivity contribution is 0.158. The maximum absolute atomic E-state index is 9.17. The standard InChI is InChI=1S/C14H24N2O2/c1-12-8-15(2)13(5-6-17)10-16(9-12)11-14-4-3-7-18-14/h3-4,7,12-13,17H,5-6,8-11H2,1-2H3. The fourth-order valence-electron chi connectivity index (χ4n) is 2.86. The number of likely N-dealkylation sites (N-methyl/N-ethyl adjacent to an activating group) is 1. The minimum Gasteiger partial charge on any atom is -0.468 e. The molecule has 18 heavy (non-hydrogen) atoms. The topological polar surface area (TPSA) is 39.9 Å². The summed E-state index contributed by atoms with van der Waals surface area (Å²) in [5.74, 6) is 1.67. The van der Waals surface area contributed by atoms with Gasteiger partial charge in [-0.1, -0.05) is 6.92 Å². The van der Waals surface area contributed by atoms with Gasteiger partial charge >= 0.3 is 0 Å². The fourth-order valence-corrected chi connectivity index (χ4v) is 2.86. The molecule has 1 fully saturated rings. The zero-order valence-electron chi connectivity index (χ0n) is 11.4. The van der Waals surface area contributed by atoms with E-state index in [0.717, 1.165) is 38.4 Å². The van der Waals surface area contributed by atoms with Crippen LogP contribution in [0.4, 0.5) is 0 Å². The van der Waals surface area contributed by atoms with E-state index in [1.54, 1.807) is 6.26 Å². The van der Waals surface area contributed by atoms with Crippen LogP contribution >= 0.6 is 0 Å². The van der Waals surface area contributed by atoms with Crippen molar-refractivity contribution in [3.63, 3.8) is 0 Å². The Labute approximate surface area is 109 Å². The van der Waals surface area contributed by atoms with Crippen molar-refractivity contribution in [2.75, 3.05) is 33.3 Å². The maximum Gasteiger partial charge on any atom is 0.117 e. The van der Waals surface area contributed by atoms with E-state index in [2.05, 4.69) is 23.8 Å². The van der Waals surface area contributed by atoms with E-state index in [9.17, 15) is 5.11 Å². The Morgan fingerprint density at radius 3 is 2.89 bits per heavy atom. The second kappa shape index (κ2) is 6.36. The maximum atomic E-state index is 9.17. The second-order valence-electron chi connectivity index (χ2n) is 5.48. The minimum atomic E-state index is 0.262. The summed E-state index contributed by atoms with van der Waals surface area (Å²) < 4.78 is 5.43. The van der Waals surface area contributed by atoms with Gasteiger partial charge in [0.1, 0.15) is 5.76 Å². The summed E-state index contributed by atoms with van der Waals surface area (Å²) in [5, 5.41) is 9.17. The van der Waals surface area contributed by atoms with Gasteiger partial charge in [-0.2, -0.15) is 0 Å². The lowest BCUT2D eigenvalue weighted by Crippen LogP contribution is -2.39. The van der Waals surface area contributed by atoms with Crippen LogP contribution in [0.3, 0.4) is 0 Å². The molecule has 2 unspecified atom stereocenters. The SMILES string of the molecule is CC1CN(Cc2ccco2)CC(CCO)N(C)C1. The van der Waals surface area contributed by atoms with E-state index in [-0.39, 0.29) is 6.61 Å². The van der Waals surface area contributed by atoms with Gasteiger partial charge < -0.3 is 14.4 Å². The van der Waals surface area contributed by atoms with E-state index < -0.39 is 0 Å². The molecule has 0 radical (unpaired) electrons. The van der Waals surface area contributed by atoms with Gasteiger partial charge in [-0.05, 0) is 31.5 Å². The van der Waals surface area contributed by atoms with Crippen molar-refractivity contribution in [1.82, 2.24) is 9.80 Å². The predicted molar refractivity (Wildman–Crippen MR) is 71.3 cm³/mol. The molecule has 2 rings (SSSR count). The highest BCUT2D eigenvalue weighted by Gasteiger charge is 2.25. The molecule has 0 aromatic carbocycles. The first-order chi connectivity index (χ1) is 8.69. The van der Waals surface area contributed by atoms with Crippen LogP contribution in [-0.4, -0.2) is 54.2 Å². The minimum absolute atomic E-state index is 0.262. The first-order valence-corrected chi connectivity index (χ1v) is 6.75. The molecule has 1 N–H and O–H groups in total. The largest absolute Gasteiger partial charge is 0.468 e. The zero-order chi connectivity index (χ0) is 13.0. The molecule has 1 aliphatic rings. The smallest absolute Gasteiger partial charge is 0.117 e. The Balaban J connectivity index is 2.00. The van der Waals surface area contributed by atoms with Crippen LogP contribution in [0, 0.1) is 5.92 Å². The van der Waals surface area contributed by atoms with Crippen LogP contribution in [0.25, 0.3) is 0 Å². The normalized spacial score (nSPS) is 27.3. The van der Waals surface area contributed by atoms with Crippen LogP contribution in [0.15, 0.2) is 22.8 Å². The Hall–Kier alpha value is -0.840. The van der Waals surface area contributed by atoms with E-state index >= 15 is 0 Å². The van der Waals surface area contributed by atoms with Crippen molar-refractivity contribution in [2.24, 2.45) is 5.92 Å². The Morgan fingerprint density at radius 1 is 1.39 bits per heavy atom. The number of aliphatic hydroxyl groups excluding tert-OH is 1. The van der Waals surface area contributed by atoms with Gasteiger partial charge in [-0.25, -0.2) is 0 Å². The highest BCUT2D eigenvalue weighted by molar-refractivity contribution is 4.98. The highest BCUT2D eigenvalue weighted by Crippen LogP contribution is 2.17. The molecule has 4 heteroatoms. The van der Waals surface area contributed by atoms with Crippen LogP contribution in [0.2, 0.25) is 0 Å². The van der Waals surface area contributed by atoms with Crippen molar-refractivity contribution < 1.29 is 9.52 Å². The monoisotopic (exact) mass is 252 g/mol. The van der Waals surface area contributed by atoms with Crippen LogP contribution in [-0.2, 0) is 6.54 Å². The van der Waals surface area contributed by atoms with Crippen LogP contribution in [0.5, 0.6) is 0 Å². The molecule has 0 saturated carbocycles.